The van der Waals surface area contributed by atoms with Gasteiger partial charge in [-0.15, -0.1) is 0 Å². The van der Waals surface area contributed by atoms with Crippen LogP contribution in [0, 0.1) is 6.92 Å². The van der Waals surface area contributed by atoms with Crippen molar-refractivity contribution >= 4 is 11.9 Å². The molecule has 3 rings (SSSR count). The van der Waals surface area contributed by atoms with Gasteiger partial charge in [0.1, 0.15) is 5.82 Å². The van der Waals surface area contributed by atoms with Gasteiger partial charge in [-0.1, -0.05) is 0 Å². The van der Waals surface area contributed by atoms with Crippen molar-refractivity contribution in [3.8, 4) is 11.5 Å². The number of amides is 1. The predicted octanol–water partition coefficient (Wildman–Crippen LogP) is 2.09. The van der Waals surface area contributed by atoms with Crippen LogP contribution >= 0.6 is 0 Å². The number of rotatable bonds is 6. The predicted molar refractivity (Wildman–Crippen MR) is 92.1 cm³/mol. The number of hydrogen-bond acceptors (Lipinski definition) is 3. The zero-order valence-electron chi connectivity index (χ0n) is 13.7. The monoisotopic (exact) mass is 338 g/mol. The van der Waals surface area contributed by atoms with Crippen LogP contribution in [0.5, 0.6) is 0 Å². The lowest BCUT2D eigenvalue weighted by Gasteiger charge is -2.16. The van der Waals surface area contributed by atoms with Crippen molar-refractivity contribution in [1.82, 2.24) is 14.3 Å². The van der Waals surface area contributed by atoms with Gasteiger partial charge in [0, 0.05) is 23.7 Å². The van der Waals surface area contributed by atoms with Crippen molar-refractivity contribution in [3.05, 3.63) is 65.6 Å². The number of aromatic nitrogens is 3. The molecule has 0 radical (unpaired) electrons. The number of benzene rings is 1. The van der Waals surface area contributed by atoms with Crippen LogP contribution in [0.3, 0.4) is 0 Å². The molecule has 1 aromatic carbocycles. The Bertz CT molecular complexity index is 926. The number of carboxylic acids is 1. The highest BCUT2D eigenvalue weighted by molar-refractivity contribution is 5.93. The largest absolute Gasteiger partial charge is 0.481 e. The summed E-state index contributed by atoms with van der Waals surface area (Å²) in [6.45, 7) is 1.88. The van der Waals surface area contributed by atoms with E-state index in [2.05, 4.69) is 5.10 Å². The molecule has 0 bridgehead atoms. The average molecular weight is 338 g/mol. The van der Waals surface area contributed by atoms with Gasteiger partial charge in [-0.3, -0.25) is 14.2 Å². The molecule has 0 unspecified atom stereocenters. The highest BCUT2D eigenvalue weighted by Gasteiger charge is 2.15. The standard InChI is InChI=1S/C18H18N4O3/c1-12-11-13(18(19)25)3-6-15(12)22-14(5-8-17(23)24)4-7-16(22)21-10-2-9-20-21/h2-4,6-7,9-11H,5,8H2,1H3,(H2,19,25)(H,23,24). The third-order valence-corrected chi connectivity index (χ3v) is 4.00. The number of nitrogens with zero attached hydrogens (tertiary/aromatic N) is 3. The minimum atomic E-state index is -0.853. The molecule has 0 saturated carbocycles. The number of nitrogens with two attached hydrogens (primary N) is 1. The molecule has 25 heavy (non-hydrogen) atoms. The van der Waals surface area contributed by atoms with E-state index >= 15 is 0 Å². The molecule has 0 aliphatic rings. The molecule has 3 aromatic rings. The molecule has 7 nitrogen and oxygen atoms in total. The second-order valence-corrected chi connectivity index (χ2v) is 5.73. The van der Waals surface area contributed by atoms with Crippen LogP contribution in [-0.4, -0.2) is 31.3 Å². The third-order valence-electron chi connectivity index (χ3n) is 4.00. The van der Waals surface area contributed by atoms with E-state index in [0.29, 0.717) is 12.0 Å². The van der Waals surface area contributed by atoms with E-state index in [0.717, 1.165) is 22.8 Å². The van der Waals surface area contributed by atoms with Crippen molar-refractivity contribution < 1.29 is 14.7 Å². The molecule has 0 spiro atoms. The van der Waals surface area contributed by atoms with E-state index in [1.807, 2.05) is 42.0 Å². The van der Waals surface area contributed by atoms with Gasteiger partial charge >= 0.3 is 5.97 Å². The molecule has 0 saturated heterocycles. The SMILES string of the molecule is Cc1cc(C(N)=O)ccc1-n1c(CCC(=O)O)ccc1-n1cccn1. The van der Waals surface area contributed by atoms with Crippen LogP contribution in [0.4, 0.5) is 0 Å². The first kappa shape index (κ1) is 16.5. The van der Waals surface area contributed by atoms with Gasteiger partial charge in [0.05, 0.1) is 12.1 Å². The van der Waals surface area contributed by atoms with Crippen LogP contribution in [0.1, 0.15) is 28.0 Å². The minimum Gasteiger partial charge on any atom is -0.481 e. The summed E-state index contributed by atoms with van der Waals surface area (Å²) in [4.78, 5) is 22.3. The zero-order valence-corrected chi connectivity index (χ0v) is 13.7. The quantitative estimate of drug-likeness (QED) is 0.718. The lowest BCUT2D eigenvalue weighted by atomic mass is 10.1. The second kappa shape index (κ2) is 6.64. The Morgan fingerprint density at radius 2 is 2.04 bits per heavy atom. The van der Waals surface area contributed by atoms with E-state index in [-0.39, 0.29) is 6.42 Å². The van der Waals surface area contributed by atoms with E-state index in [1.54, 1.807) is 23.0 Å². The summed E-state index contributed by atoms with van der Waals surface area (Å²) in [5, 5.41) is 13.3. The second-order valence-electron chi connectivity index (χ2n) is 5.73. The van der Waals surface area contributed by atoms with Gasteiger partial charge in [-0.05, 0) is 55.3 Å². The highest BCUT2D eigenvalue weighted by Crippen LogP contribution is 2.24. The van der Waals surface area contributed by atoms with Crippen molar-refractivity contribution in [2.45, 2.75) is 19.8 Å². The van der Waals surface area contributed by atoms with Crippen molar-refractivity contribution in [1.29, 1.82) is 0 Å². The molecule has 7 heteroatoms. The topological polar surface area (TPSA) is 103 Å². The van der Waals surface area contributed by atoms with Gasteiger partial charge in [0.25, 0.3) is 0 Å². The fraction of sp³-hybridized carbons (Fsp3) is 0.167. The molecule has 3 N–H and O–H groups in total. The summed E-state index contributed by atoms with van der Waals surface area (Å²) in [5.74, 6) is -0.546. The van der Waals surface area contributed by atoms with Gasteiger partial charge in [-0.2, -0.15) is 5.10 Å². The molecule has 128 valence electrons. The number of aryl methyl sites for hydroxylation is 2. The molecule has 1 amide bonds. The molecule has 0 aliphatic heterocycles. The molecular formula is C18H18N4O3. The average Bonchev–Trinajstić information content (AvgIpc) is 3.21. The molecule has 0 atom stereocenters. The van der Waals surface area contributed by atoms with E-state index in [4.69, 9.17) is 10.8 Å². The Morgan fingerprint density at radius 3 is 2.64 bits per heavy atom. The number of hydrogen-bond donors (Lipinski definition) is 2. The highest BCUT2D eigenvalue weighted by atomic mass is 16.4. The van der Waals surface area contributed by atoms with E-state index in [1.165, 1.54) is 0 Å². The first-order valence-corrected chi connectivity index (χ1v) is 7.80. The Balaban J connectivity index is 2.13. The van der Waals surface area contributed by atoms with Crippen LogP contribution in [-0.2, 0) is 11.2 Å². The van der Waals surface area contributed by atoms with E-state index < -0.39 is 11.9 Å². The number of primary amides is 1. The maximum absolute atomic E-state index is 11.4. The van der Waals surface area contributed by atoms with Crippen LogP contribution in [0.25, 0.3) is 11.5 Å². The van der Waals surface area contributed by atoms with Crippen LogP contribution in [0.2, 0.25) is 0 Å². The molecule has 2 heterocycles. The van der Waals surface area contributed by atoms with Gasteiger partial charge in [0.2, 0.25) is 5.91 Å². The molecule has 0 aliphatic carbocycles. The Labute approximate surface area is 144 Å². The summed E-state index contributed by atoms with van der Waals surface area (Å²) in [6, 6.07) is 10.8. The normalized spacial score (nSPS) is 10.8. The summed E-state index contributed by atoms with van der Waals surface area (Å²) >= 11 is 0. The Morgan fingerprint density at radius 1 is 1.24 bits per heavy atom. The van der Waals surface area contributed by atoms with Crippen molar-refractivity contribution in [2.75, 3.05) is 0 Å². The van der Waals surface area contributed by atoms with E-state index in [9.17, 15) is 9.59 Å². The number of aliphatic carboxylic acids is 1. The minimum absolute atomic E-state index is 0.0287. The van der Waals surface area contributed by atoms with Crippen LogP contribution in [0.15, 0.2) is 48.8 Å². The maximum atomic E-state index is 11.4. The van der Waals surface area contributed by atoms with Gasteiger partial charge < -0.3 is 10.8 Å². The lowest BCUT2D eigenvalue weighted by Crippen LogP contribution is -2.13. The van der Waals surface area contributed by atoms with Gasteiger partial charge in [-0.25, -0.2) is 4.68 Å². The van der Waals surface area contributed by atoms with Crippen molar-refractivity contribution in [2.24, 2.45) is 5.73 Å². The molecular weight excluding hydrogens is 320 g/mol. The fourth-order valence-electron chi connectivity index (χ4n) is 2.82. The third kappa shape index (κ3) is 3.30. The Hall–Kier alpha value is -3.35. The molecule has 2 aromatic heterocycles. The summed E-state index contributed by atoms with van der Waals surface area (Å²) in [7, 11) is 0. The number of carboxylic acid groups (broad SMARTS) is 1. The number of carbonyl (C=O) groups excluding carboxylic acids is 1. The van der Waals surface area contributed by atoms with Gasteiger partial charge in [0.15, 0.2) is 0 Å². The Kier molecular flexibility index (Phi) is 4.38. The maximum Gasteiger partial charge on any atom is 0.303 e. The summed E-state index contributed by atoms with van der Waals surface area (Å²) in [5.41, 5.74) is 8.33. The van der Waals surface area contributed by atoms with Crippen LogP contribution < -0.4 is 5.73 Å². The number of carbonyl (C=O) groups is 2. The summed E-state index contributed by atoms with van der Waals surface area (Å²) < 4.78 is 3.67. The summed E-state index contributed by atoms with van der Waals surface area (Å²) in [6.07, 6.45) is 3.91. The first-order valence-electron chi connectivity index (χ1n) is 7.80. The smallest absolute Gasteiger partial charge is 0.303 e. The fourth-order valence-corrected chi connectivity index (χ4v) is 2.82. The lowest BCUT2D eigenvalue weighted by molar-refractivity contribution is -0.136. The molecule has 0 fully saturated rings. The zero-order chi connectivity index (χ0) is 18.0. The first-order chi connectivity index (χ1) is 12.0. The van der Waals surface area contributed by atoms with Crippen molar-refractivity contribution in [3.63, 3.8) is 0 Å².